The molecule has 11 fully saturated rings. The summed E-state index contributed by atoms with van der Waals surface area (Å²) in [5.74, 6) is -3.19. The summed E-state index contributed by atoms with van der Waals surface area (Å²) in [5.41, 5.74) is -11.6. The normalized spacial score (nSPS) is 44.1. The molecule has 9 saturated heterocycles. The van der Waals surface area contributed by atoms with Crippen molar-refractivity contribution in [1.82, 2.24) is 20.0 Å². The second kappa shape index (κ2) is 10.6. The number of piperazine rings is 2. The lowest BCUT2D eigenvalue weighted by molar-refractivity contribution is -0.367. The van der Waals surface area contributed by atoms with E-state index >= 15 is 34.7 Å². The number of nitrogens with zero attached hydrogens (tertiary/aromatic N) is 5. The van der Waals surface area contributed by atoms with E-state index in [0.717, 1.165) is 9.80 Å². The SMILES string of the molecule is CC1(C)C=Cc2c(ccc3c2N([O-])C2C(C)(C)C4C[C@@]56CCCN5C(=O)C45[C@@H](C47C(=[N+]([O-])c8c4ccc4c8C=CC(C)(C)O4)C(C)(C)C4C[C@]89CCCN8C(=O)C4(NC9=O)[C@H]7N5C6=O)[C@@]32O)O1. The number of hydrogen-bond acceptors (Lipinski definition) is 10. The van der Waals surface area contributed by atoms with E-state index < -0.39 is 85.0 Å². The first-order valence-corrected chi connectivity index (χ1v) is 24.4. The van der Waals surface area contributed by atoms with Gasteiger partial charge in [-0.3, -0.25) is 19.2 Å². The molecule has 67 heavy (non-hydrogen) atoms. The Morgan fingerprint density at radius 2 is 1.34 bits per heavy atom. The van der Waals surface area contributed by atoms with Gasteiger partial charge in [-0.25, -0.2) is 0 Å². The van der Waals surface area contributed by atoms with Gasteiger partial charge < -0.3 is 50.1 Å². The second-order valence-electron chi connectivity index (χ2n) is 24.8. The van der Waals surface area contributed by atoms with Crippen molar-refractivity contribution in [3.8, 4) is 11.5 Å². The number of aliphatic hydroxyl groups is 1. The number of fused-ring (bicyclic) bond motifs is 10. The van der Waals surface area contributed by atoms with Crippen LogP contribution in [-0.4, -0.2) is 112 Å². The van der Waals surface area contributed by atoms with Crippen molar-refractivity contribution < 1.29 is 38.5 Å². The van der Waals surface area contributed by atoms with Crippen molar-refractivity contribution in [2.75, 3.05) is 18.2 Å². The standard InChI is InChI=1S/C52H55N6O9/c1-43(2)19-15-25-29(66-43)13-11-27-33(25)57(64)36-45(5,6)31-23-47-17-9-21-54(47)41(61)50(31,53-39(47)59)38-49(27,36)35-51-32(24-48(40(60)56(38)51)18-10-22-55(48)42(51)62)46(7,8)37-52(35,63)28-12-14-30-26(34(28)58(37)65)16-20-44(3,4)67-30/h11-16,19-20,31-32,35,37-38,63H,9-10,17-18,21-24H2,1-8H3,(H,53,59)/q-1/t31?,32?,35-,37?,38+,47+,48-,49?,50?,51?,52+/m1/s1. The molecule has 13 heterocycles. The minimum Gasteiger partial charge on any atom is -0.758 e. The predicted molar refractivity (Wildman–Crippen MR) is 243 cm³/mol. The molecule has 5 spiro atoms. The lowest BCUT2D eigenvalue weighted by Gasteiger charge is -2.72. The van der Waals surface area contributed by atoms with Crippen LogP contribution in [0.4, 0.5) is 11.4 Å². The van der Waals surface area contributed by atoms with Gasteiger partial charge >= 0.3 is 0 Å². The second-order valence-corrected chi connectivity index (χ2v) is 24.8. The molecule has 11 atom stereocenters. The molecule has 0 aromatic heterocycles. The Morgan fingerprint density at radius 3 is 2.03 bits per heavy atom. The van der Waals surface area contributed by atoms with Gasteiger partial charge in [-0.2, -0.15) is 4.74 Å². The molecular weight excluding hydrogens is 853 g/mol. The summed E-state index contributed by atoms with van der Waals surface area (Å²) in [6.45, 7) is 16.2. The van der Waals surface area contributed by atoms with Gasteiger partial charge in [0.05, 0.1) is 23.1 Å². The zero-order valence-corrected chi connectivity index (χ0v) is 39.1. The number of ether oxygens (including phenoxy) is 2. The van der Waals surface area contributed by atoms with Crippen molar-refractivity contribution in [3.05, 3.63) is 69.1 Å². The average Bonchev–Trinajstić information content (AvgIpc) is 4.05. The van der Waals surface area contributed by atoms with Gasteiger partial charge in [0.1, 0.15) is 55.9 Å². The van der Waals surface area contributed by atoms with Crippen LogP contribution in [0.3, 0.4) is 0 Å². The molecule has 0 radical (unpaired) electrons. The number of carbonyl (C=O) groups is 4. The number of carbonyl (C=O) groups excluding carboxylic acids is 4. The average molecular weight is 908 g/mol. The molecule has 2 N–H and O–H groups in total. The maximum atomic E-state index is 16.8. The summed E-state index contributed by atoms with van der Waals surface area (Å²) >= 11 is 0. The Labute approximate surface area is 387 Å². The van der Waals surface area contributed by atoms with Crippen LogP contribution in [-0.2, 0) is 30.2 Å². The van der Waals surface area contributed by atoms with Gasteiger partial charge in [0, 0.05) is 53.2 Å². The Bertz CT molecular complexity index is 3010. The number of rotatable bonds is 0. The number of hydroxylamine groups is 1. The van der Waals surface area contributed by atoms with Gasteiger partial charge in [-0.15, -0.1) is 0 Å². The summed E-state index contributed by atoms with van der Waals surface area (Å²) in [6.07, 6.45) is 10.1. The van der Waals surface area contributed by atoms with E-state index in [2.05, 4.69) is 5.32 Å². The van der Waals surface area contributed by atoms with E-state index in [1.807, 2.05) is 91.8 Å². The molecule has 17 rings (SSSR count). The molecule has 2 aromatic carbocycles. The first-order chi connectivity index (χ1) is 31.5. The van der Waals surface area contributed by atoms with Gasteiger partial charge in [0.25, 0.3) is 5.91 Å². The number of amides is 4. The molecule has 4 bridgehead atoms. The fourth-order valence-corrected chi connectivity index (χ4v) is 18.8. The molecule has 15 heteroatoms. The van der Waals surface area contributed by atoms with Crippen LogP contribution in [0.5, 0.6) is 11.5 Å². The fraction of sp³-hybridized carbons (Fsp3) is 0.596. The molecule has 348 valence electrons. The summed E-state index contributed by atoms with van der Waals surface area (Å²) in [4.78, 5) is 70.2. The van der Waals surface area contributed by atoms with Gasteiger partial charge in [0.2, 0.25) is 23.4 Å². The quantitative estimate of drug-likeness (QED) is 0.277. The Kier molecular flexibility index (Phi) is 6.25. The van der Waals surface area contributed by atoms with Crippen molar-refractivity contribution in [2.24, 2.45) is 28.6 Å². The van der Waals surface area contributed by atoms with Crippen molar-refractivity contribution in [3.63, 3.8) is 0 Å². The molecule has 15 aliphatic rings. The molecule has 13 aliphatic heterocycles. The minimum atomic E-state index is -2.27. The van der Waals surface area contributed by atoms with Crippen LogP contribution in [0.1, 0.15) is 116 Å². The Hall–Kier alpha value is -5.41. The van der Waals surface area contributed by atoms with Crippen molar-refractivity contribution >= 4 is 52.9 Å². The van der Waals surface area contributed by atoms with Crippen LogP contribution in [0.2, 0.25) is 0 Å². The van der Waals surface area contributed by atoms with E-state index in [4.69, 9.17) is 9.47 Å². The Morgan fingerprint density at radius 1 is 0.746 bits per heavy atom. The van der Waals surface area contributed by atoms with Gasteiger partial charge in [-0.1, -0.05) is 19.9 Å². The summed E-state index contributed by atoms with van der Waals surface area (Å²) in [7, 11) is 0. The van der Waals surface area contributed by atoms with E-state index in [0.29, 0.717) is 72.7 Å². The molecule has 4 amide bonds. The fourth-order valence-electron chi connectivity index (χ4n) is 18.8. The summed E-state index contributed by atoms with van der Waals surface area (Å²) < 4.78 is 14.0. The number of hydrogen-bond donors (Lipinski definition) is 2. The number of benzene rings is 2. The van der Waals surface area contributed by atoms with E-state index in [1.165, 1.54) is 0 Å². The highest BCUT2D eigenvalue weighted by atomic mass is 16.5. The third-order valence-corrected chi connectivity index (χ3v) is 20.6. The maximum absolute atomic E-state index is 16.8. The topological polar surface area (TPSA) is 181 Å². The zero-order valence-electron chi connectivity index (χ0n) is 39.1. The van der Waals surface area contributed by atoms with Crippen molar-refractivity contribution in [2.45, 2.75) is 150 Å². The van der Waals surface area contributed by atoms with Crippen LogP contribution in [0, 0.1) is 39.0 Å². The highest BCUT2D eigenvalue weighted by Crippen LogP contribution is 2.83. The number of nitrogens with one attached hydrogen (secondary N) is 1. The van der Waals surface area contributed by atoms with Gasteiger partial charge in [0.15, 0.2) is 5.71 Å². The molecule has 15 nitrogen and oxygen atoms in total. The van der Waals surface area contributed by atoms with Crippen LogP contribution in [0.15, 0.2) is 36.4 Å². The molecule has 2 aromatic rings. The third kappa shape index (κ3) is 3.51. The zero-order chi connectivity index (χ0) is 46.7. The number of piperidine rings is 4. The first kappa shape index (κ1) is 39.6. The smallest absolute Gasteiger partial charge is 0.251 e. The van der Waals surface area contributed by atoms with E-state index in [-0.39, 0.29) is 53.4 Å². The van der Waals surface area contributed by atoms with E-state index in [9.17, 15) is 0 Å². The highest BCUT2D eigenvalue weighted by Gasteiger charge is 2.98. The predicted octanol–water partition coefficient (Wildman–Crippen LogP) is 4.75. The maximum Gasteiger partial charge on any atom is 0.251 e. The van der Waals surface area contributed by atoms with Crippen LogP contribution >= 0.6 is 0 Å². The summed E-state index contributed by atoms with van der Waals surface area (Å²) in [6, 6.07) is 4.59. The molecule has 2 saturated carbocycles. The molecule has 2 aliphatic carbocycles. The Balaban J connectivity index is 1.15. The van der Waals surface area contributed by atoms with Crippen molar-refractivity contribution in [1.29, 1.82) is 0 Å². The number of anilines is 1. The molecular formula is C52H55N6O9-. The monoisotopic (exact) mass is 907 g/mol. The van der Waals surface area contributed by atoms with Crippen LogP contribution < -0.4 is 19.9 Å². The minimum absolute atomic E-state index is 0.216. The summed E-state index contributed by atoms with van der Waals surface area (Å²) in [5, 5.41) is 52.0. The third-order valence-electron chi connectivity index (χ3n) is 20.6. The van der Waals surface area contributed by atoms with Gasteiger partial charge in [-0.05, 0) is 128 Å². The highest BCUT2D eigenvalue weighted by molar-refractivity contribution is 6.17. The lowest BCUT2D eigenvalue weighted by Crippen LogP contribution is -2.93. The largest absolute Gasteiger partial charge is 0.758 e. The molecule has 6 unspecified atom stereocenters. The van der Waals surface area contributed by atoms with Crippen LogP contribution in [0.25, 0.3) is 12.2 Å². The lowest BCUT2D eigenvalue weighted by atomic mass is 9.36. The van der Waals surface area contributed by atoms with E-state index in [1.54, 1.807) is 26.8 Å². The first-order valence-electron chi connectivity index (χ1n) is 24.4.